The Balaban J connectivity index is 2.46. The molecule has 2 aromatic carbocycles. The smallest absolute Gasteiger partial charge is 0.126 e. The van der Waals surface area contributed by atoms with E-state index in [4.69, 9.17) is 23.2 Å². The van der Waals surface area contributed by atoms with Gasteiger partial charge in [0, 0.05) is 10.0 Å². The Labute approximate surface area is 135 Å². The quantitative estimate of drug-likeness (QED) is 0.762. The Morgan fingerprint density at radius 1 is 1.14 bits per heavy atom. The first kappa shape index (κ1) is 16.3. The molecule has 0 aliphatic rings. The first-order valence-electron chi connectivity index (χ1n) is 6.97. The van der Waals surface area contributed by atoms with Crippen molar-refractivity contribution in [1.82, 2.24) is 5.32 Å². The van der Waals surface area contributed by atoms with Gasteiger partial charge in [-0.2, -0.15) is 0 Å². The highest BCUT2D eigenvalue weighted by molar-refractivity contribution is 6.33. The highest BCUT2D eigenvalue weighted by atomic mass is 35.5. The van der Waals surface area contributed by atoms with Crippen LogP contribution in [0.2, 0.25) is 10.0 Å². The summed E-state index contributed by atoms with van der Waals surface area (Å²) in [5.41, 5.74) is 2.33. The normalized spacial score (nSPS) is 12.4. The van der Waals surface area contributed by atoms with Crippen molar-refractivity contribution in [2.75, 3.05) is 6.54 Å². The van der Waals surface area contributed by atoms with E-state index in [2.05, 4.69) is 12.2 Å². The fraction of sp³-hybridized carbons (Fsp3) is 0.294. The molecule has 0 fully saturated rings. The van der Waals surface area contributed by atoms with Gasteiger partial charge in [-0.1, -0.05) is 42.3 Å². The van der Waals surface area contributed by atoms with E-state index in [1.807, 2.05) is 12.1 Å². The van der Waals surface area contributed by atoms with Gasteiger partial charge in [0.05, 0.1) is 6.04 Å². The second kappa shape index (κ2) is 7.26. The molecular weight excluding hydrogens is 308 g/mol. The van der Waals surface area contributed by atoms with Gasteiger partial charge in [0.2, 0.25) is 0 Å². The first-order chi connectivity index (χ1) is 10.0. The summed E-state index contributed by atoms with van der Waals surface area (Å²) in [4.78, 5) is 0. The van der Waals surface area contributed by atoms with Gasteiger partial charge in [0.15, 0.2) is 0 Å². The number of hydrogen-bond donors (Lipinski definition) is 1. The molecular formula is C17H18Cl2FN. The van der Waals surface area contributed by atoms with Crippen LogP contribution in [0, 0.1) is 12.7 Å². The van der Waals surface area contributed by atoms with Crippen LogP contribution in [0.25, 0.3) is 0 Å². The summed E-state index contributed by atoms with van der Waals surface area (Å²) in [6, 6.07) is 10.4. The third kappa shape index (κ3) is 3.97. The zero-order valence-corrected chi connectivity index (χ0v) is 13.6. The second-order valence-corrected chi connectivity index (χ2v) is 5.91. The van der Waals surface area contributed by atoms with Crippen molar-refractivity contribution in [2.24, 2.45) is 0 Å². The molecule has 0 aromatic heterocycles. The molecule has 21 heavy (non-hydrogen) atoms. The molecule has 2 rings (SSSR count). The molecule has 1 unspecified atom stereocenters. The van der Waals surface area contributed by atoms with Crippen LogP contribution in [0.4, 0.5) is 4.39 Å². The molecule has 0 saturated carbocycles. The predicted molar refractivity (Wildman–Crippen MR) is 87.7 cm³/mol. The van der Waals surface area contributed by atoms with Crippen LogP contribution in [0.1, 0.15) is 36.1 Å². The Morgan fingerprint density at radius 2 is 1.90 bits per heavy atom. The molecule has 0 spiro atoms. The van der Waals surface area contributed by atoms with Crippen molar-refractivity contribution >= 4 is 23.2 Å². The van der Waals surface area contributed by atoms with Gasteiger partial charge in [-0.25, -0.2) is 4.39 Å². The molecule has 0 radical (unpaired) electrons. The third-order valence-corrected chi connectivity index (χ3v) is 3.98. The van der Waals surface area contributed by atoms with E-state index in [-0.39, 0.29) is 11.9 Å². The monoisotopic (exact) mass is 325 g/mol. The molecule has 1 atom stereocenters. The summed E-state index contributed by atoms with van der Waals surface area (Å²) < 4.78 is 13.9. The zero-order chi connectivity index (χ0) is 15.4. The molecule has 0 aliphatic carbocycles. The van der Waals surface area contributed by atoms with Gasteiger partial charge in [-0.05, 0) is 60.8 Å². The van der Waals surface area contributed by atoms with Crippen LogP contribution in [-0.2, 0) is 0 Å². The summed E-state index contributed by atoms with van der Waals surface area (Å²) in [5.74, 6) is -0.214. The van der Waals surface area contributed by atoms with Crippen molar-refractivity contribution < 1.29 is 4.39 Å². The molecule has 0 heterocycles. The Kier molecular flexibility index (Phi) is 5.63. The van der Waals surface area contributed by atoms with E-state index >= 15 is 0 Å². The number of benzene rings is 2. The second-order valence-electron chi connectivity index (χ2n) is 5.06. The van der Waals surface area contributed by atoms with Crippen molar-refractivity contribution in [2.45, 2.75) is 26.3 Å². The van der Waals surface area contributed by atoms with E-state index in [1.54, 1.807) is 31.2 Å². The molecule has 4 heteroatoms. The van der Waals surface area contributed by atoms with Crippen LogP contribution >= 0.6 is 23.2 Å². The summed E-state index contributed by atoms with van der Waals surface area (Å²) in [6.45, 7) is 4.64. The van der Waals surface area contributed by atoms with Gasteiger partial charge >= 0.3 is 0 Å². The molecule has 0 amide bonds. The predicted octanol–water partition coefficient (Wildman–Crippen LogP) is 5.53. The number of hydrogen-bond acceptors (Lipinski definition) is 1. The molecule has 0 aliphatic heterocycles. The van der Waals surface area contributed by atoms with E-state index in [0.29, 0.717) is 15.6 Å². The highest BCUT2D eigenvalue weighted by Crippen LogP contribution is 2.31. The third-order valence-electron chi connectivity index (χ3n) is 3.40. The number of rotatable bonds is 5. The fourth-order valence-electron chi connectivity index (χ4n) is 2.22. The van der Waals surface area contributed by atoms with E-state index in [1.165, 1.54) is 0 Å². The van der Waals surface area contributed by atoms with E-state index < -0.39 is 0 Å². The minimum atomic E-state index is -0.214. The lowest BCUT2D eigenvalue weighted by Crippen LogP contribution is -2.23. The maximum absolute atomic E-state index is 13.9. The Hall–Kier alpha value is -1.09. The SMILES string of the molecule is CCCNC(c1ccc(C)c(F)c1)c1cc(Cl)ccc1Cl. The lowest BCUT2D eigenvalue weighted by Gasteiger charge is -2.21. The number of aryl methyl sites for hydroxylation is 1. The summed E-state index contributed by atoms with van der Waals surface area (Å²) in [6.07, 6.45) is 0.975. The van der Waals surface area contributed by atoms with Gasteiger partial charge in [-0.15, -0.1) is 0 Å². The average Bonchev–Trinajstić information content (AvgIpc) is 2.46. The molecule has 2 aromatic rings. The lowest BCUT2D eigenvalue weighted by molar-refractivity contribution is 0.582. The van der Waals surface area contributed by atoms with Crippen LogP contribution in [0.3, 0.4) is 0 Å². The molecule has 0 saturated heterocycles. The standard InChI is InChI=1S/C17H18Cl2FN/c1-3-8-21-17(12-5-4-11(2)16(20)9-12)14-10-13(18)6-7-15(14)19/h4-7,9-10,17,21H,3,8H2,1-2H3. The Bertz CT molecular complexity index is 628. The van der Waals surface area contributed by atoms with Crippen molar-refractivity contribution in [3.05, 3.63) is 69.0 Å². The minimum Gasteiger partial charge on any atom is -0.306 e. The maximum Gasteiger partial charge on any atom is 0.126 e. The number of halogens is 3. The van der Waals surface area contributed by atoms with Crippen molar-refractivity contribution in [3.8, 4) is 0 Å². The van der Waals surface area contributed by atoms with Gasteiger partial charge in [-0.3, -0.25) is 0 Å². The Morgan fingerprint density at radius 3 is 2.57 bits per heavy atom. The fourth-order valence-corrected chi connectivity index (χ4v) is 2.63. The van der Waals surface area contributed by atoms with Crippen LogP contribution in [0.15, 0.2) is 36.4 Å². The summed E-state index contributed by atoms with van der Waals surface area (Å²) >= 11 is 12.4. The average molecular weight is 326 g/mol. The van der Waals surface area contributed by atoms with Crippen molar-refractivity contribution in [1.29, 1.82) is 0 Å². The first-order valence-corrected chi connectivity index (χ1v) is 7.73. The zero-order valence-electron chi connectivity index (χ0n) is 12.1. The summed E-state index contributed by atoms with van der Waals surface area (Å²) in [5, 5.41) is 4.64. The van der Waals surface area contributed by atoms with Gasteiger partial charge in [0.1, 0.15) is 5.82 Å². The van der Waals surface area contributed by atoms with Crippen LogP contribution < -0.4 is 5.32 Å². The molecule has 1 N–H and O–H groups in total. The molecule has 1 nitrogen and oxygen atoms in total. The summed E-state index contributed by atoms with van der Waals surface area (Å²) in [7, 11) is 0. The number of nitrogens with one attached hydrogen (secondary N) is 1. The molecule has 112 valence electrons. The molecule has 0 bridgehead atoms. The highest BCUT2D eigenvalue weighted by Gasteiger charge is 2.18. The maximum atomic E-state index is 13.9. The van der Waals surface area contributed by atoms with E-state index in [0.717, 1.165) is 24.1 Å². The van der Waals surface area contributed by atoms with Crippen molar-refractivity contribution in [3.63, 3.8) is 0 Å². The topological polar surface area (TPSA) is 12.0 Å². The van der Waals surface area contributed by atoms with Gasteiger partial charge < -0.3 is 5.32 Å². The lowest BCUT2D eigenvalue weighted by atomic mass is 9.97. The van der Waals surface area contributed by atoms with Crippen LogP contribution in [-0.4, -0.2) is 6.54 Å². The van der Waals surface area contributed by atoms with Crippen LogP contribution in [0.5, 0.6) is 0 Å². The minimum absolute atomic E-state index is 0.175. The largest absolute Gasteiger partial charge is 0.306 e. The van der Waals surface area contributed by atoms with Gasteiger partial charge in [0.25, 0.3) is 0 Å². The van der Waals surface area contributed by atoms with E-state index in [9.17, 15) is 4.39 Å².